The van der Waals surface area contributed by atoms with Crippen LogP contribution < -0.4 is 4.74 Å². The van der Waals surface area contributed by atoms with Crippen molar-refractivity contribution >= 4 is 29.1 Å². The number of halogens is 2. The predicted octanol–water partition coefficient (Wildman–Crippen LogP) is 2.11. The number of morpholine rings is 1. The van der Waals surface area contributed by atoms with Gasteiger partial charge in [-0.3, -0.25) is 4.79 Å². The Labute approximate surface area is 133 Å². The fraction of sp³-hybridized carbons (Fsp3) is 0.500. The molecule has 7 heteroatoms. The standard InChI is InChI=1S/C14H17Cl2NO4/c1-9(14(19)17-2-4-20-5-3-17)21-13-10(8-18)6-11(15)7-12(13)16/h6-7,9,18H,2-5,8H2,1H3. The minimum absolute atomic E-state index is 0.131. The second-order valence-electron chi connectivity index (χ2n) is 4.73. The first kappa shape index (κ1) is 16.4. The molecule has 0 aliphatic carbocycles. The van der Waals surface area contributed by atoms with Crippen molar-refractivity contribution < 1.29 is 19.4 Å². The third-order valence-electron chi connectivity index (χ3n) is 3.22. The monoisotopic (exact) mass is 333 g/mol. The highest BCUT2D eigenvalue weighted by Gasteiger charge is 2.25. The zero-order valence-electron chi connectivity index (χ0n) is 11.6. The quantitative estimate of drug-likeness (QED) is 0.916. The van der Waals surface area contributed by atoms with Gasteiger partial charge in [0.15, 0.2) is 6.10 Å². The van der Waals surface area contributed by atoms with E-state index in [0.717, 1.165) is 0 Å². The van der Waals surface area contributed by atoms with Crippen molar-refractivity contribution in [3.63, 3.8) is 0 Å². The number of aliphatic hydroxyl groups excluding tert-OH is 1. The summed E-state index contributed by atoms with van der Waals surface area (Å²) in [6.07, 6.45) is -0.702. The van der Waals surface area contributed by atoms with Gasteiger partial charge in [-0.1, -0.05) is 23.2 Å². The number of carbonyl (C=O) groups is 1. The molecule has 1 saturated heterocycles. The smallest absolute Gasteiger partial charge is 0.263 e. The SMILES string of the molecule is CC(Oc1c(Cl)cc(Cl)cc1CO)C(=O)N1CCOCC1. The molecule has 21 heavy (non-hydrogen) atoms. The molecule has 0 bridgehead atoms. The topological polar surface area (TPSA) is 59.0 Å². The van der Waals surface area contributed by atoms with E-state index in [2.05, 4.69) is 0 Å². The summed E-state index contributed by atoms with van der Waals surface area (Å²) in [5, 5.41) is 10.0. The Morgan fingerprint density at radius 1 is 1.43 bits per heavy atom. The molecule has 1 unspecified atom stereocenters. The van der Waals surface area contributed by atoms with E-state index in [0.29, 0.717) is 36.9 Å². The summed E-state index contributed by atoms with van der Waals surface area (Å²) < 4.78 is 10.9. The summed E-state index contributed by atoms with van der Waals surface area (Å²) in [5.41, 5.74) is 0.453. The van der Waals surface area contributed by atoms with E-state index >= 15 is 0 Å². The molecule has 1 atom stereocenters. The highest BCUT2D eigenvalue weighted by atomic mass is 35.5. The van der Waals surface area contributed by atoms with Gasteiger partial charge in [-0.25, -0.2) is 0 Å². The molecule has 0 saturated carbocycles. The molecule has 0 aromatic heterocycles. The molecule has 1 aliphatic heterocycles. The third kappa shape index (κ3) is 4.01. The van der Waals surface area contributed by atoms with Crippen LogP contribution in [0, 0.1) is 0 Å². The van der Waals surface area contributed by atoms with Crippen molar-refractivity contribution in [1.29, 1.82) is 0 Å². The molecule has 1 aliphatic rings. The van der Waals surface area contributed by atoms with E-state index in [1.165, 1.54) is 6.07 Å². The second kappa shape index (κ2) is 7.31. The minimum Gasteiger partial charge on any atom is -0.479 e. The van der Waals surface area contributed by atoms with Gasteiger partial charge in [-0.15, -0.1) is 0 Å². The first-order valence-electron chi connectivity index (χ1n) is 6.65. The molecule has 1 heterocycles. The number of amides is 1. The van der Waals surface area contributed by atoms with Crippen LogP contribution in [0.15, 0.2) is 12.1 Å². The zero-order valence-corrected chi connectivity index (χ0v) is 13.2. The Balaban J connectivity index is 2.11. The maximum atomic E-state index is 12.3. The van der Waals surface area contributed by atoms with E-state index in [9.17, 15) is 9.90 Å². The second-order valence-corrected chi connectivity index (χ2v) is 5.58. The summed E-state index contributed by atoms with van der Waals surface area (Å²) >= 11 is 12.0. The molecule has 0 radical (unpaired) electrons. The Kier molecular flexibility index (Phi) is 5.70. The molecule has 1 amide bonds. The van der Waals surface area contributed by atoms with E-state index < -0.39 is 6.10 Å². The highest BCUT2D eigenvalue weighted by Crippen LogP contribution is 2.33. The number of rotatable bonds is 4. The number of aliphatic hydroxyl groups is 1. The molecule has 1 N–H and O–H groups in total. The van der Waals surface area contributed by atoms with Crippen LogP contribution in [0.1, 0.15) is 12.5 Å². The van der Waals surface area contributed by atoms with Crippen LogP contribution in [0.5, 0.6) is 5.75 Å². The van der Waals surface area contributed by atoms with Gasteiger partial charge in [-0.05, 0) is 19.1 Å². The minimum atomic E-state index is -0.702. The lowest BCUT2D eigenvalue weighted by atomic mass is 10.2. The first-order chi connectivity index (χ1) is 10.0. The van der Waals surface area contributed by atoms with Gasteiger partial charge in [0.1, 0.15) is 5.75 Å². The third-order valence-corrected chi connectivity index (χ3v) is 3.72. The molecule has 1 aromatic rings. The maximum Gasteiger partial charge on any atom is 0.263 e. The van der Waals surface area contributed by atoms with Crippen molar-refractivity contribution in [2.75, 3.05) is 26.3 Å². The molecule has 1 fully saturated rings. The summed E-state index contributed by atoms with van der Waals surface area (Å²) in [4.78, 5) is 14.0. The lowest BCUT2D eigenvalue weighted by Crippen LogP contribution is -2.46. The predicted molar refractivity (Wildman–Crippen MR) is 79.9 cm³/mol. The number of ether oxygens (including phenoxy) is 2. The average molecular weight is 334 g/mol. The molecule has 2 rings (SSSR count). The van der Waals surface area contributed by atoms with Gasteiger partial charge in [0, 0.05) is 23.7 Å². The van der Waals surface area contributed by atoms with Crippen LogP contribution >= 0.6 is 23.2 Å². The number of carbonyl (C=O) groups excluding carboxylic acids is 1. The van der Waals surface area contributed by atoms with Gasteiger partial charge in [0.25, 0.3) is 5.91 Å². The summed E-state index contributed by atoms with van der Waals surface area (Å²) in [6.45, 7) is 3.55. The Morgan fingerprint density at radius 2 is 2.10 bits per heavy atom. The van der Waals surface area contributed by atoms with E-state index in [-0.39, 0.29) is 23.3 Å². The molecular weight excluding hydrogens is 317 g/mol. The molecule has 1 aromatic carbocycles. The van der Waals surface area contributed by atoms with Crippen molar-refractivity contribution in [1.82, 2.24) is 4.90 Å². The Morgan fingerprint density at radius 3 is 2.71 bits per heavy atom. The average Bonchev–Trinajstić information content (AvgIpc) is 2.49. The first-order valence-corrected chi connectivity index (χ1v) is 7.40. The fourth-order valence-corrected chi connectivity index (χ4v) is 2.71. The number of nitrogens with zero attached hydrogens (tertiary/aromatic N) is 1. The van der Waals surface area contributed by atoms with Crippen molar-refractivity contribution in [3.8, 4) is 5.75 Å². The van der Waals surface area contributed by atoms with Crippen molar-refractivity contribution in [2.24, 2.45) is 0 Å². The largest absolute Gasteiger partial charge is 0.479 e. The van der Waals surface area contributed by atoms with E-state index in [1.54, 1.807) is 17.9 Å². The van der Waals surface area contributed by atoms with Crippen LogP contribution in [0.2, 0.25) is 10.0 Å². The van der Waals surface area contributed by atoms with Crippen LogP contribution in [0.3, 0.4) is 0 Å². The summed E-state index contributed by atoms with van der Waals surface area (Å²) in [5.74, 6) is 0.158. The lowest BCUT2D eigenvalue weighted by molar-refractivity contribution is -0.142. The van der Waals surface area contributed by atoms with E-state index in [4.69, 9.17) is 32.7 Å². The van der Waals surface area contributed by atoms with Crippen LogP contribution in [-0.2, 0) is 16.1 Å². The Hall–Kier alpha value is -1.01. The molecule has 116 valence electrons. The number of hydrogen-bond donors (Lipinski definition) is 1. The van der Waals surface area contributed by atoms with Gasteiger partial charge < -0.3 is 19.5 Å². The highest BCUT2D eigenvalue weighted by molar-refractivity contribution is 6.35. The molecule has 5 nitrogen and oxygen atoms in total. The number of benzene rings is 1. The fourth-order valence-electron chi connectivity index (χ4n) is 2.13. The maximum absolute atomic E-state index is 12.3. The van der Waals surface area contributed by atoms with Gasteiger partial charge in [-0.2, -0.15) is 0 Å². The zero-order chi connectivity index (χ0) is 15.4. The van der Waals surface area contributed by atoms with Crippen LogP contribution in [-0.4, -0.2) is 48.3 Å². The van der Waals surface area contributed by atoms with E-state index in [1.807, 2.05) is 0 Å². The van der Waals surface area contributed by atoms with Crippen molar-refractivity contribution in [3.05, 3.63) is 27.7 Å². The van der Waals surface area contributed by atoms with Gasteiger partial charge >= 0.3 is 0 Å². The van der Waals surface area contributed by atoms with Gasteiger partial charge in [0.05, 0.1) is 24.8 Å². The summed E-state index contributed by atoms with van der Waals surface area (Å²) in [6, 6.07) is 3.08. The van der Waals surface area contributed by atoms with Crippen molar-refractivity contribution in [2.45, 2.75) is 19.6 Å². The number of hydrogen-bond acceptors (Lipinski definition) is 4. The lowest BCUT2D eigenvalue weighted by Gasteiger charge is -2.29. The Bertz CT molecular complexity index is 518. The van der Waals surface area contributed by atoms with Crippen LogP contribution in [0.25, 0.3) is 0 Å². The van der Waals surface area contributed by atoms with Gasteiger partial charge in [0.2, 0.25) is 0 Å². The molecular formula is C14H17Cl2NO4. The normalized spacial score (nSPS) is 16.7. The molecule has 0 spiro atoms. The summed E-state index contributed by atoms with van der Waals surface area (Å²) in [7, 11) is 0. The van der Waals surface area contributed by atoms with Crippen LogP contribution in [0.4, 0.5) is 0 Å².